The van der Waals surface area contributed by atoms with Crippen LogP contribution in [0.2, 0.25) is 0 Å². The zero-order valence-electron chi connectivity index (χ0n) is 18.5. The van der Waals surface area contributed by atoms with Crippen molar-refractivity contribution < 1.29 is 23.5 Å². The number of nitrogens with zero attached hydrogens (tertiary/aromatic N) is 2. The molecule has 0 saturated carbocycles. The van der Waals surface area contributed by atoms with Crippen LogP contribution in [0.4, 0.5) is 4.39 Å². The summed E-state index contributed by atoms with van der Waals surface area (Å²) in [5.41, 5.74) is 3.14. The molecule has 1 amide bonds. The third kappa shape index (κ3) is 4.70. The van der Waals surface area contributed by atoms with Gasteiger partial charge < -0.3 is 14.2 Å². The zero-order valence-corrected chi connectivity index (χ0v) is 18.5. The van der Waals surface area contributed by atoms with E-state index in [-0.39, 0.29) is 29.4 Å². The van der Waals surface area contributed by atoms with Gasteiger partial charge >= 0.3 is 5.97 Å². The molecule has 166 valence electrons. The highest BCUT2D eigenvalue weighted by atomic mass is 19.1. The predicted octanol–water partition coefficient (Wildman–Crippen LogP) is 3.91. The minimum atomic E-state index is -0.341. The highest BCUT2D eigenvalue weighted by Gasteiger charge is 2.33. The molecule has 7 heteroatoms. The van der Waals surface area contributed by atoms with Crippen molar-refractivity contribution in [2.45, 2.75) is 47.1 Å². The molecule has 1 aliphatic rings. The van der Waals surface area contributed by atoms with Crippen LogP contribution < -0.4 is 0 Å². The van der Waals surface area contributed by atoms with Crippen molar-refractivity contribution >= 4 is 17.7 Å². The van der Waals surface area contributed by atoms with Gasteiger partial charge in [0, 0.05) is 30.9 Å². The molecule has 1 aromatic heterocycles. The fourth-order valence-corrected chi connectivity index (χ4v) is 4.42. The third-order valence-corrected chi connectivity index (χ3v) is 5.90. The van der Waals surface area contributed by atoms with Crippen LogP contribution in [0.1, 0.15) is 64.4 Å². The Morgan fingerprint density at radius 1 is 1.16 bits per heavy atom. The van der Waals surface area contributed by atoms with Crippen LogP contribution in [0.3, 0.4) is 0 Å². The van der Waals surface area contributed by atoms with Crippen molar-refractivity contribution in [2.75, 3.05) is 19.7 Å². The highest BCUT2D eigenvalue weighted by Crippen LogP contribution is 2.27. The van der Waals surface area contributed by atoms with Gasteiger partial charge in [0.25, 0.3) is 5.91 Å². The molecule has 0 bridgehead atoms. The number of aromatic nitrogens is 1. The van der Waals surface area contributed by atoms with Crippen molar-refractivity contribution in [1.29, 1.82) is 0 Å². The first-order valence-electron chi connectivity index (χ1n) is 10.7. The van der Waals surface area contributed by atoms with Crippen molar-refractivity contribution in [1.82, 2.24) is 9.47 Å². The molecule has 1 aliphatic heterocycles. The Bertz CT molecular complexity index is 994. The van der Waals surface area contributed by atoms with Crippen LogP contribution in [0.5, 0.6) is 0 Å². The summed E-state index contributed by atoms with van der Waals surface area (Å²) in [7, 11) is 0. The second-order valence-electron chi connectivity index (χ2n) is 8.05. The van der Waals surface area contributed by atoms with Crippen molar-refractivity contribution in [2.24, 2.45) is 5.92 Å². The number of ketones is 1. The Hall–Kier alpha value is -2.96. The van der Waals surface area contributed by atoms with E-state index in [9.17, 15) is 18.8 Å². The molecular weight excluding hydrogens is 399 g/mol. The van der Waals surface area contributed by atoms with Crippen LogP contribution in [0, 0.1) is 25.6 Å². The molecule has 1 fully saturated rings. The fraction of sp³-hybridized carbons (Fsp3) is 0.458. The number of benzene rings is 1. The Labute approximate surface area is 182 Å². The zero-order chi connectivity index (χ0) is 22.7. The first-order valence-corrected chi connectivity index (χ1v) is 10.7. The molecule has 0 aliphatic carbocycles. The number of Topliss-reactive ketones (excluding diaryl/α,β-unsaturated/α-hetero) is 1. The van der Waals surface area contributed by atoms with Gasteiger partial charge in [0.2, 0.25) is 0 Å². The maximum Gasteiger partial charge on any atom is 0.310 e. The van der Waals surface area contributed by atoms with Gasteiger partial charge in [-0.15, -0.1) is 0 Å². The summed E-state index contributed by atoms with van der Waals surface area (Å²) in [6.45, 7) is 8.36. The van der Waals surface area contributed by atoms with Gasteiger partial charge in [0.15, 0.2) is 5.78 Å². The number of rotatable bonds is 6. The second kappa shape index (κ2) is 9.45. The topological polar surface area (TPSA) is 68.6 Å². The van der Waals surface area contributed by atoms with E-state index in [0.29, 0.717) is 61.6 Å². The van der Waals surface area contributed by atoms with Gasteiger partial charge in [-0.3, -0.25) is 14.4 Å². The van der Waals surface area contributed by atoms with Gasteiger partial charge in [0.05, 0.1) is 12.5 Å². The lowest BCUT2D eigenvalue weighted by Crippen LogP contribution is -2.43. The maximum atomic E-state index is 13.6. The number of halogens is 1. The van der Waals surface area contributed by atoms with Crippen LogP contribution >= 0.6 is 0 Å². The molecule has 2 aromatic rings. The summed E-state index contributed by atoms with van der Waals surface area (Å²) in [5.74, 6) is -1.26. The number of hydrogen-bond donors (Lipinski definition) is 0. The number of likely N-dealkylation sites (tertiary alicyclic amines) is 1. The molecule has 31 heavy (non-hydrogen) atoms. The summed E-state index contributed by atoms with van der Waals surface area (Å²) in [5, 5.41) is 0. The van der Waals surface area contributed by atoms with Crippen molar-refractivity contribution in [3.05, 3.63) is 58.2 Å². The number of esters is 1. The van der Waals surface area contributed by atoms with Gasteiger partial charge in [-0.25, -0.2) is 4.39 Å². The van der Waals surface area contributed by atoms with Gasteiger partial charge in [-0.2, -0.15) is 0 Å². The Kier molecular flexibility index (Phi) is 6.93. The van der Waals surface area contributed by atoms with Crippen LogP contribution in [0.25, 0.3) is 0 Å². The lowest BCUT2D eigenvalue weighted by atomic mass is 9.97. The molecule has 1 saturated heterocycles. The minimum Gasteiger partial charge on any atom is -0.466 e. The lowest BCUT2D eigenvalue weighted by molar-refractivity contribution is -0.149. The van der Waals surface area contributed by atoms with E-state index < -0.39 is 0 Å². The maximum absolute atomic E-state index is 13.6. The lowest BCUT2D eigenvalue weighted by Gasteiger charge is -2.32. The first-order chi connectivity index (χ1) is 14.7. The van der Waals surface area contributed by atoms with E-state index >= 15 is 0 Å². The van der Waals surface area contributed by atoms with Crippen LogP contribution in [-0.2, 0) is 16.1 Å². The Morgan fingerprint density at radius 3 is 2.45 bits per heavy atom. The van der Waals surface area contributed by atoms with Crippen molar-refractivity contribution in [3.63, 3.8) is 0 Å². The summed E-state index contributed by atoms with van der Waals surface area (Å²) in [6.07, 6.45) is 1.40. The summed E-state index contributed by atoms with van der Waals surface area (Å²) >= 11 is 0. The first kappa shape index (κ1) is 22.7. The molecule has 1 aromatic carbocycles. The highest BCUT2D eigenvalue weighted by molar-refractivity contribution is 6.03. The summed E-state index contributed by atoms with van der Waals surface area (Å²) in [4.78, 5) is 39.8. The molecule has 1 atom stereocenters. The number of piperidine rings is 1. The Morgan fingerprint density at radius 2 is 1.84 bits per heavy atom. The standard InChI is InChI=1S/C24H29FN2O4/c1-5-31-24(30)19-7-6-12-26(14-19)23(29)22-15(2)21(17(4)28)16(3)27(22)13-18-8-10-20(25)11-9-18/h8-11,19H,5-7,12-14H2,1-4H3/t19-/m0/s1. The van der Waals surface area contributed by atoms with E-state index in [1.54, 1.807) is 30.9 Å². The quantitative estimate of drug-likeness (QED) is 0.517. The van der Waals surface area contributed by atoms with Gasteiger partial charge in [0.1, 0.15) is 11.5 Å². The number of carbonyl (C=O) groups is 3. The van der Waals surface area contributed by atoms with Gasteiger partial charge in [-0.05, 0) is 63.8 Å². The second-order valence-corrected chi connectivity index (χ2v) is 8.05. The molecule has 0 unspecified atom stereocenters. The summed E-state index contributed by atoms with van der Waals surface area (Å²) < 4.78 is 20.3. The summed E-state index contributed by atoms with van der Waals surface area (Å²) in [6, 6.07) is 6.10. The fourth-order valence-electron chi connectivity index (χ4n) is 4.42. The Balaban J connectivity index is 1.97. The molecule has 0 N–H and O–H groups in total. The molecule has 0 radical (unpaired) electrons. The number of amides is 1. The van der Waals surface area contributed by atoms with Crippen molar-refractivity contribution in [3.8, 4) is 0 Å². The molecule has 0 spiro atoms. The largest absolute Gasteiger partial charge is 0.466 e. The van der Waals surface area contributed by atoms with E-state index in [2.05, 4.69) is 0 Å². The smallest absolute Gasteiger partial charge is 0.310 e. The van der Waals surface area contributed by atoms with E-state index in [1.807, 2.05) is 11.5 Å². The average molecular weight is 429 g/mol. The van der Waals surface area contributed by atoms with Crippen LogP contribution in [-0.4, -0.2) is 46.8 Å². The molecule has 6 nitrogen and oxygen atoms in total. The molecule has 3 rings (SSSR count). The predicted molar refractivity (Wildman–Crippen MR) is 115 cm³/mol. The third-order valence-electron chi connectivity index (χ3n) is 5.90. The monoisotopic (exact) mass is 428 g/mol. The normalized spacial score (nSPS) is 16.3. The SMILES string of the molecule is CCOC(=O)[C@H]1CCCN(C(=O)c2c(C)c(C(C)=O)c(C)n2Cc2ccc(F)cc2)C1. The molecular formula is C24H29FN2O4. The minimum absolute atomic E-state index is 0.107. The van der Waals surface area contributed by atoms with E-state index in [0.717, 1.165) is 5.56 Å². The average Bonchev–Trinajstić information content (AvgIpc) is 2.99. The van der Waals surface area contributed by atoms with Gasteiger partial charge in [-0.1, -0.05) is 12.1 Å². The van der Waals surface area contributed by atoms with E-state index in [1.165, 1.54) is 19.1 Å². The number of carbonyl (C=O) groups excluding carboxylic acids is 3. The number of ether oxygens (including phenoxy) is 1. The molecule has 2 heterocycles. The van der Waals surface area contributed by atoms with E-state index in [4.69, 9.17) is 4.74 Å². The van der Waals surface area contributed by atoms with Crippen LogP contribution in [0.15, 0.2) is 24.3 Å². The number of hydrogen-bond acceptors (Lipinski definition) is 4.